The number of aryl methyl sites for hydroxylation is 1. The lowest BCUT2D eigenvalue weighted by Gasteiger charge is -2.36. The summed E-state index contributed by atoms with van der Waals surface area (Å²) < 4.78 is 5.81. The standard InChI is InChI=1S/C22H35N3O3/c1-3-19-9-11-20(12-10-19)28-18(2)22(27)25-16-14-24(15-17-25)21(26)8-6-4-5-7-13-23/h9-12,18H,3-8,13-17,23H2,1-2H3. The quantitative estimate of drug-likeness (QED) is 0.624. The maximum Gasteiger partial charge on any atom is 0.263 e. The summed E-state index contributed by atoms with van der Waals surface area (Å²) in [6.07, 6.45) is 5.12. The number of nitrogens with two attached hydrogens (primary N) is 1. The van der Waals surface area contributed by atoms with E-state index in [-0.39, 0.29) is 11.8 Å². The van der Waals surface area contributed by atoms with Crippen molar-refractivity contribution in [2.24, 2.45) is 5.73 Å². The van der Waals surface area contributed by atoms with Gasteiger partial charge in [-0.15, -0.1) is 0 Å². The lowest BCUT2D eigenvalue weighted by atomic mass is 10.1. The Morgan fingerprint density at radius 3 is 2.21 bits per heavy atom. The van der Waals surface area contributed by atoms with E-state index in [0.29, 0.717) is 38.3 Å². The summed E-state index contributed by atoms with van der Waals surface area (Å²) in [6.45, 7) is 6.95. The van der Waals surface area contributed by atoms with E-state index in [9.17, 15) is 9.59 Å². The molecular weight excluding hydrogens is 354 g/mol. The molecule has 1 atom stereocenters. The van der Waals surface area contributed by atoms with Gasteiger partial charge in [0, 0.05) is 32.6 Å². The van der Waals surface area contributed by atoms with E-state index < -0.39 is 6.10 Å². The third-order valence-electron chi connectivity index (χ3n) is 5.28. The number of rotatable bonds is 10. The van der Waals surface area contributed by atoms with Crippen LogP contribution >= 0.6 is 0 Å². The van der Waals surface area contributed by atoms with Crippen molar-refractivity contribution in [2.45, 2.75) is 58.5 Å². The molecule has 1 aromatic carbocycles. The summed E-state index contributed by atoms with van der Waals surface area (Å²) >= 11 is 0. The zero-order chi connectivity index (χ0) is 20.4. The van der Waals surface area contributed by atoms with Crippen molar-refractivity contribution >= 4 is 11.8 Å². The van der Waals surface area contributed by atoms with Gasteiger partial charge in [0.2, 0.25) is 5.91 Å². The number of carbonyl (C=O) groups excluding carboxylic acids is 2. The first kappa shape index (κ1) is 22.2. The third-order valence-corrected chi connectivity index (χ3v) is 5.28. The molecule has 0 bridgehead atoms. The van der Waals surface area contributed by atoms with Gasteiger partial charge in [0.25, 0.3) is 5.91 Å². The largest absolute Gasteiger partial charge is 0.481 e. The molecule has 0 aromatic heterocycles. The zero-order valence-electron chi connectivity index (χ0n) is 17.4. The van der Waals surface area contributed by atoms with Gasteiger partial charge in [-0.1, -0.05) is 31.9 Å². The van der Waals surface area contributed by atoms with Crippen molar-refractivity contribution in [1.82, 2.24) is 9.80 Å². The number of piperazine rings is 1. The monoisotopic (exact) mass is 389 g/mol. The summed E-state index contributed by atoms with van der Waals surface area (Å²) in [5.74, 6) is 0.884. The fourth-order valence-electron chi connectivity index (χ4n) is 3.42. The Hall–Kier alpha value is -2.08. The van der Waals surface area contributed by atoms with E-state index in [1.54, 1.807) is 11.8 Å². The van der Waals surface area contributed by atoms with Gasteiger partial charge in [-0.2, -0.15) is 0 Å². The van der Waals surface area contributed by atoms with Crippen molar-refractivity contribution in [3.8, 4) is 5.75 Å². The summed E-state index contributed by atoms with van der Waals surface area (Å²) in [7, 11) is 0. The van der Waals surface area contributed by atoms with Gasteiger partial charge in [-0.3, -0.25) is 9.59 Å². The second-order valence-electron chi connectivity index (χ2n) is 7.42. The number of carbonyl (C=O) groups is 2. The first-order valence-electron chi connectivity index (χ1n) is 10.6. The van der Waals surface area contributed by atoms with E-state index >= 15 is 0 Å². The number of hydrogen-bond acceptors (Lipinski definition) is 4. The highest BCUT2D eigenvalue weighted by Crippen LogP contribution is 2.16. The van der Waals surface area contributed by atoms with Crippen molar-refractivity contribution in [2.75, 3.05) is 32.7 Å². The molecule has 0 radical (unpaired) electrons. The fraction of sp³-hybridized carbons (Fsp3) is 0.636. The van der Waals surface area contributed by atoms with E-state index in [0.717, 1.165) is 38.6 Å². The van der Waals surface area contributed by atoms with Gasteiger partial charge in [-0.25, -0.2) is 0 Å². The minimum absolute atomic E-state index is 0.0200. The number of amides is 2. The number of benzene rings is 1. The van der Waals surface area contributed by atoms with Gasteiger partial charge >= 0.3 is 0 Å². The minimum Gasteiger partial charge on any atom is -0.481 e. The van der Waals surface area contributed by atoms with Crippen LogP contribution in [0.15, 0.2) is 24.3 Å². The third kappa shape index (κ3) is 6.82. The zero-order valence-corrected chi connectivity index (χ0v) is 17.4. The molecule has 1 aliphatic rings. The molecule has 1 unspecified atom stereocenters. The molecule has 2 amide bonds. The Morgan fingerprint density at radius 2 is 1.61 bits per heavy atom. The fourth-order valence-corrected chi connectivity index (χ4v) is 3.42. The molecule has 1 heterocycles. The van der Waals surface area contributed by atoms with Crippen molar-refractivity contribution in [1.29, 1.82) is 0 Å². The predicted octanol–water partition coefficient (Wildman–Crippen LogP) is 2.60. The van der Waals surface area contributed by atoms with Crippen molar-refractivity contribution < 1.29 is 14.3 Å². The number of ether oxygens (including phenoxy) is 1. The molecular formula is C22H35N3O3. The highest BCUT2D eigenvalue weighted by Gasteiger charge is 2.27. The number of nitrogens with zero attached hydrogens (tertiary/aromatic N) is 2. The van der Waals surface area contributed by atoms with E-state index in [1.807, 2.05) is 29.2 Å². The molecule has 6 nitrogen and oxygen atoms in total. The molecule has 1 saturated heterocycles. The summed E-state index contributed by atoms with van der Waals surface area (Å²) in [6, 6.07) is 7.86. The van der Waals surface area contributed by atoms with Gasteiger partial charge in [-0.05, 0) is 50.4 Å². The summed E-state index contributed by atoms with van der Waals surface area (Å²) in [5.41, 5.74) is 6.73. The smallest absolute Gasteiger partial charge is 0.263 e. The van der Waals surface area contributed by atoms with Crippen LogP contribution in [0, 0.1) is 0 Å². The van der Waals surface area contributed by atoms with Crippen molar-refractivity contribution in [3.05, 3.63) is 29.8 Å². The first-order valence-corrected chi connectivity index (χ1v) is 10.6. The van der Waals surface area contributed by atoms with Crippen LogP contribution in [0.5, 0.6) is 5.75 Å². The van der Waals surface area contributed by atoms with Crippen LogP contribution in [0.4, 0.5) is 0 Å². The van der Waals surface area contributed by atoms with Crippen LogP contribution < -0.4 is 10.5 Å². The van der Waals surface area contributed by atoms with Crippen molar-refractivity contribution in [3.63, 3.8) is 0 Å². The molecule has 0 saturated carbocycles. The molecule has 28 heavy (non-hydrogen) atoms. The second-order valence-corrected chi connectivity index (χ2v) is 7.42. The molecule has 1 fully saturated rings. The average molecular weight is 390 g/mol. The molecule has 0 aliphatic carbocycles. The highest BCUT2D eigenvalue weighted by atomic mass is 16.5. The van der Waals surface area contributed by atoms with Crippen LogP contribution in [0.1, 0.15) is 51.5 Å². The van der Waals surface area contributed by atoms with Gasteiger partial charge in [0.15, 0.2) is 6.10 Å². The molecule has 2 N–H and O–H groups in total. The lowest BCUT2D eigenvalue weighted by molar-refractivity contribution is -0.143. The SMILES string of the molecule is CCc1ccc(OC(C)C(=O)N2CCN(C(=O)CCCCCCN)CC2)cc1. The van der Waals surface area contributed by atoms with Gasteiger partial charge in [0.1, 0.15) is 5.75 Å². The van der Waals surface area contributed by atoms with Crippen LogP contribution in [-0.2, 0) is 16.0 Å². The molecule has 156 valence electrons. The Kier molecular flexibility index (Phi) is 9.28. The summed E-state index contributed by atoms with van der Waals surface area (Å²) in [4.78, 5) is 28.6. The molecule has 0 spiro atoms. The molecule has 6 heteroatoms. The van der Waals surface area contributed by atoms with Gasteiger partial charge in [0.05, 0.1) is 0 Å². The van der Waals surface area contributed by atoms with Crippen LogP contribution in [0.25, 0.3) is 0 Å². The molecule has 1 aliphatic heterocycles. The summed E-state index contributed by atoms with van der Waals surface area (Å²) in [5, 5.41) is 0. The van der Waals surface area contributed by atoms with E-state index in [1.165, 1.54) is 5.56 Å². The normalized spacial score (nSPS) is 15.4. The lowest BCUT2D eigenvalue weighted by Crippen LogP contribution is -2.53. The van der Waals surface area contributed by atoms with Crippen LogP contribution in [0.3, 0.4) is 0 Å². The number of unbranched alkanes of at least 4 members (excludes halogenated alkanes) is 3. The van der Waals surface area contributed by atoms with Crippen LogP contribution in [0.2, 0.25) is 0 Å². The maximum atomic E-state index is 12.7. The highest BCUT2D eigenvalue weighted by molar-refractivity contribution is 5.81. The molecule has 1 aromatic rings. The van der Waals surface area contributed by atoms with Crippen LogP contribution in [-0.4, -0.2) is 60.4 Å². The number of hydrogen-bond donors (Lipinski definition) is 1. The second kappa shape index (κ2) is 11.7. The Bertz CT molecular complexity index is 610. The first-order chi connectivity index (χ1) is 13.5. The van der Waals surface area contributed by atoms with E-state index in [4.69, 9.17) is 10.5 Å². The minimum atomic E-state index is -0.530. The Labute approximate surface area is 169 Å². The Balaban J connectivity index is 1.72. The predicted molar refractivity (Wildman–Crippen MR) is 111 cm³/mol. The Morgan fingerprint density at radius 1 is 1.00 bits per heavy atom. The molecule has 2 rings (SSSR count). The van der Waals surface area contributed by atoms with Gasteiger partial charge < -0.3 is 20.3 Å². The van der Waals surface area contributed by atoms with E-state index in [2.05, 4.69) is 6.92 Å². The maximum absolute atomic E-state index is 12.7. The average Bonchev–Trinajstić information content (AvgIpc) is 2.73. The topological polar surface area (TPSA) is 75.9 Å².